The predicted octanol–water partition coefficient (Wildman–Crippen LogP) is 3.65. The van der Waals surface area contributed by atoms with Gasteiger partial charge < -0.3 is 20.5 Å². The van der Waals surface area contributed by atoms with Crippen molar-refractivity contribution in [2.24, 2.45) is 0 Å². The van der Waals surface area contributed by atoms with Gasteiger partial charge >= 0.3 is 0 Å². The van der Waals surface area contributed by atoms with E-state index in [1.807, 2.05) is 0 Å². The molecule has 3 aromatic rings. The van der Waals surface area contributed by atoms with Gasteiger partial charge in [-0.25, -0.2) is 17.9 Å². The lowest BCUT2D eigenvalue weighted by Crippen LogP contribution is -2.24. The maximum atomic E-state index is 15.1. The van der Waals surface area contributed by atoms with Gasteiger partial charge in [0, 0.05) is 24.3 Å². The summed E-state index contributed by atoms with van der Waals surface area (Å²) in [6, 6.07) is 5.70. The predicted molar refractivity (Wildman–Crippen MR) is 121 cm³/mol. The maximum absolute atomic E-state index is 15.1. The molecule has 1 amide bonds. The molecule has 1 aliphatic heterocycles. The molecule has 11 heteroatoms. The van der Waals surface area contributed by atoms with Crippen molar-refractivity contribution in [3.8, 4) is 17.0 Å². The molecule has 0 spiro atoms. The molecule has 184 valence electrons. The van der Waals surface area contributed by atoms with Crippen molar-refractivity contribution in [3.05, 3.63) is 64.5 Å². The molecule has 0 saturated carbocycles. The number of aldehydes is 1. The maximum Gasteiger partial charge on any atom is 0.255 e. The zero-order valence-electron chi connectivity index (χ0n) is 18.8. The van der Waals surface area contributed by atoms with Crippen LogP contribution in [0.15, 0.2) is 30.3 Å². The van der Waals surface area contributed by atoms with Crippen molar-refractivity contribution in [2.75, 3.05) is 26.1 Å². The van der Waals surface area contributed by atoms with Gasteiger partial charge in [-0.15, -0.1) is 0 Å². The summed E-state index contributed by atoms with van der Waals surface area (Å²) in [6.07, 6.45) is 1.95. The van der Waals surface area contributed by atoms with E-state index in [4.69, 9.17) is 15.2 Å². The number of aromatic nitrogens is 2. The largest absolute Gasteiger partial charge is 0.496 e. The number of hydrogen-bond acceptors (Lipinski definition) is 6. The lowest BCUT2D eigenvalue weighted by molar-refractivity contribution is 0.0558. The second kappa shape index (κ2) is 10.2. The number of rotatable bonds is 7. The zero-order chi connectivity index (χ0) is 25.1. The van der Waals surface area contributed by atoms with E-state index in [-0.39, 0.29) is 52.1 Å². The number of nitrogens with one attached hydrogen (secondary N) is 1. The van der Waals surface area contributed by atoms with E-state index in [2.05, 4.69) is 10.4 Å². The number of anilines is 1. The third-order valence-electron chi connectivity index (χ3n) is 5.85. The van der Waals surface area contributed by atoms with E-state index in [0.29, 0.717) is 19.5 Å². The van der Waals surface area contributed by atoms with Crippen LogP contribution in [0.25, 0.3) is 11.3 Å². The highest BCUT2D eigenvalue weighted by Gasteiger charge is 2.27. The third kappa shape index (κ3) is 4.72. The van der Waals surface area contributed by atoms with Gasteiger partial charge in [-0.2, -0.15) is 5.10 Å². The molecule has 1 aromatic heterocycles. The van der Waals surface area contributed by atoms with Crippen molar-refractivity contribution >= 4 is 18.0 Å². The first kappa shape index (κ1) is 24.3. The molecule has 4 rings (SSSR count). The molecule has 0 radical (unpaired) electrons. The molecule has 0 bridgehead atoms. The van der Waals surface area contributed by atoms with Gasteiger partial charge in [-0.05, 0) is 37.1 Å². The number of amides is 1. The number of nitrogens with two attached hydrogens (primary N) is 1. The summed E-state index contributed by atoms with van der Waals surface area (Å²) in [5, 5.41) is 6.72. The lowest BCUT2D eigenvalue weighted by Gasteiger charge is -2.23. The molecule has 3 N–H and O–H groups in total. The summed E-state index contributed by atoms with van der Waals surface area (Å²) < 4.78 is 55.4. The van der Waals surface area contributed by atoms with Crippen LogP contribution in [-0.2, 0) is 11.3 Å². The van der Waals surface area contributed by atoms with E-state index in [1.165, 1.54) is 30.0 Å². The fourth-order valence-corrected chi connectivity index (χ4v) is 4.01. The Morgan fingerprint density at radius 1 is 1.29 bits per heavy atom. The first-order valence-corrected chi connectivity index (χ1v) is 10.9. The number of hydrogen-bond donors (Lipinski definition) is 2. The number of ether oxygens (including phenoxy) is 2. The highest BCUT2D eigenvalue weighted by Crippen LogP contribution is 2.33. The van der Waals surface area contributed by atoms with Gasteiger partial charge in [0.15, 0.2) is 17.9 Å². The number of nitrogens with zero attached hydrogens (tertiary/aromatic N) is 2. The summed E-state index contributed by atoms with van der Waals surface area (Å²) in [5.74, 6) is -3.67. The minimum absolute atomic E-state index is 0.0469. The normalized spacial score (nSPS) is 15.6. The molecular weight excluding hydrogens is 465 g/mol. The van der Waals surface area contributed by atoms with Crippen LogP contribution in [0.5, 0.6) is 5.75 Å². The molecule has 1 fully saturated rings. The van der Waals surface area contributed by atoms with E-state index in [9.17, 15) is 18.4 Å². The van der Waals surface area contributed by atoms with Crippen LogP contribution in [0, 0.1) is 17.5 Å². The van der Waals surface area contributed by atoms with Crippen LogP contribution in [0.3, 0.4) is 0 Å². The van der Waals surface area contributed by atoms with Crippen LogP contribution in [-0.4, -0.2) is 42.3 Å². The van der Waals surface area contributed by atoms with Crippen molar-refractivity contribution < 1.29 is 32.2 Å². The fourth-order valence-electron chi connectivity index (χ4n) is 4.01. The van der Waals surface area contributed by atoms with Crippen LogP contribution < -0.4 is 15.8 Å². The van der Waals surface area contributed by atoms with Gasteiger partial charge in [-0.3, -0.25) is 9.59 Å². The average Bonchev–Trinajstić information content (AvgIpc) is 3.21. The van der Waals surface area contributed by atoms with Crippen molar-refractivity contribution in [3.63, 3.8) is 0 Å². The minimum atomic E-state index is -1.24. The fraction of sp³-hybridized carbons (Fsp3) is 0.292. The molecule has 35 heavy (non-hydrogen) atoms. The quantitative estimate of drug-likeness (QED) is 0.492. The van der Waals surface area contributed by atoms with Crippen LogP contribution in [0.4, 0.5) is 19.0 Å². The minimum Gasteiger partial charge on any atom is -0.496 e. The number of methoxy groups -OCH3 is 1. The summed E-state index contributed by atoms with van der Waals surface area (Å²) in [7, 11) is 1.32. The standard InChI is InChI=1S/C24H23F3N4O4/c1-34-19-7-5-14(25)9-17(19)24(33)29-10-13-4-6-16(21(27)20(13)26)22-18(11-32)23(28)31(30-22)15-3-2-8-35-12-15/h4-7,9,11,15H,2-3,8,10,12,28H2,1H3,(H,29,33). The number of carbonyl (C=O) groups excluding carboxylic acids is 2. The van der Waals surface area contributed by atoms with Crippen molar-refractivity contribution in [2.45, 2.75) is 25.4 Å². The number of carbonyl (C=O) groups is 2. The van der Waals surface area contributed by atoms with Crippen LogP contribution >= 0.6 is 0 Å². The Kier molecular flexibility index (Phi) is 7.06. The van der Waals surface area contributed by atoms with E-state index >= 15 is 4.39 Å². The molecule has 1 atom stereocenters. The third-order valence-corrected chi connectivity index (χ3v) is 5.85. The Bertz CT molecular complexity index is 1270. The second-order valence-corrected chi connectivity index (χ2v) is 8.01. The highest BCUT2D eigenvalue weighted by atomic mass is 19.2. The Balaban J connectivity index is 1.60. The molecule has 0 aliphatic carbocycles. The second-order valence-electron chi connectivity index (χ2n) is 8.01. The molecule has 2 aromatic carbocycles. The van der Waals surface area contributed by atoms with Crippen LogP contribution in [0.1, 0.15) is 45.2 Å². The van der Waals surface area contributed by atoms with Crippen molar-refractivity contribution in [1.82, 2.24) is 15.1 Å². The molecule has 1 aliphatic rings. The van der Waals surface area contributed by atoms with Gasteiger partial charge in [0.1, 0.15) is 23.1 Å². The number of halogens is 3. The van der Waals surface area contributed by atoms with Gasteiger partial charge in [0.2, 0.25) is 0 Å². The van der Waals surface area contributed by atoms with Gasteiger partial charge in [0.25, 0.3) is 5.91 Å². The van der Waals surface area contributed by atoms with Gasteiger partial charge in [-0.1, -0.05) is 6.07 Å². The molecule has 1 unspecified atom stereocenters. The molecule has 8 nitrogen and oxygen atoms in total. The Labute approximate surface area is 198 Å². The Morgan fingerprint density at radius 2 is 2.09 bits per heavy atom. The first-order valence-electron chi connectivity index (χ1n) is 10.9. The van der Waals surface area contributed by atoms with E-state index in [0.717, 1.165) is 25.0 Å². The van der Waals surface area contributed by atoms with E-state index in [1.54, 1.807) is 0 Å². The monoisotopic (exact) mass is 488 g/mol. The first-order chi connectivity index (χ1) is 16.8. The van der Waals surface area contributed by atoms with Crippen molar-refractivity contribution in [1.29, 1.82) is 0 Å². The molecule has 2 heterocycles. The van der Waals surface area contributed by atoms with Crippen LogP contribution in [0.2, 0.25) is 0 Å². The summed E-state index contributed by atoms with van der Waals surface area (Å²) in [4.78, 5) is 24.2. The lowest BCUT2D eigenvalue weighted by atomic mass is 10.0. The summed E-state index contributed by atoms with van der Waals surface area (Å²) in [6.45, 7) is 0.572. The average molecular weight is 488 g/mol. The smallest absolute Gasteiger partial charge is 0.255 e. The number of benzene rings is 2. The summed E-state index contributed by atoms with van der Waals surface area (Å²) in [5.41, 5.74) is 5.46. The summed E-state index contributed by atoms with van der Waals surface area (Å²) >= 11 is 0. The molecule has 1 saturated heterocycles. The Morgan fingerprint density at radius 3 is 2.77 bits per heavy atom. The Hall–Kier alpha value is -3.86. The van der Waals surface area contributed by atoms with E-state index < -0.39 is 23.4 Å². The number of nitrogen functional groups attached to an aromatic ring is 1. The topological polar surface area (TPSA) is 108 Å². The SMILES string of the molecule is COc1ccc(F)cc1C(=O)NCc1ccc(-c2nn(C3CCCOC3)c(N)c2C=O)c(F)c1F. The highest BCUT2D eigenvalue weighted by molar-refractivity contribution is 5.97. The van der Waals surface area contributed by atoms with Gasteiger partial charge in [0.05, 0.1) is 30.9 Å². The molecular formula is C24H23F3N4O4. The zero-order valence-corrected chi connectivity index (χ0v) is 18.8.